The SMILES string of the molecule is COCCn1c(Cc2cc(F)c(-c3cccc(OCc4ccc(-c5cnn(C6CCOCC6)c5)cc4F)n3)cc2F)nc2ccc(C(=O)O)cc21.COCCn1c(Cc2cc(F)c(-c3cccc(OCc4ccc(-c5cnn(C6CCOCC6)c5)cc4F)n3)cc2F)nc2ccc(C(=O)O)cc21. The highest BCUT2D eigenvalue weighted by atomic mass is 19.1. The second-order valence-electron chi connectivity index (χ2n) is 24.6. The molecule has 0 spiro atoms. The molecule has 8 heterocycles. The van der Waals surface area contributed by atoms with Crippen molar-refractivity contribution in [1.29, 1.82) is 0 Å². The van der Waals surface area contributed by atoms with Gasteiger partial charge in [0.2, 0.25) is 11.8 Å². The van der Waals surface area contributed by atoms with Gasteiger partial charge in [0.25, 0.3) is 0 Å². The molecule has 0 radical (unpaired) electrons. The van der Waals surface area contributed by atoms with Crippen LogP contribution in [0.3, 0.4) is 0 Å². The minimum atomic E-state index is -1.09. The molecule has 0 amide bonds. The van der Waals surface area contributed by atoms with Crippen LogP contribution >= 0.6 is 0 Å². The molecule has 102 heavy (non-hydrogen) atoms. The summed E-state index contributed by atoms with van der Waals surface area (Å²) in [4.78, 5) is 41.0. The third-order valence-electron chi connectivity index (χ3n) is 18.0. The molecule has 0 atom stereocenters. The molecule has 0 aliphatic carbocycles. The standard InChI is InChI=1S/2C38H34F3N5O5/c2*1-49-14-11-45-35-17-24(38(47)48)7-8-34(35)43-36(45)18-26-16-32(41)29(19-31(26)40)33-3-2-4-37(44-33)51-22-25-6-5-23(15-30(25)39)27-20-42-46(21-27)28-9-12-50-13-10-28/h2*2-8,15-17,19-21,28H,9-14,18,22H2,1H3,(H,47,48). The van der Waals surface area contributed by atoms with E-state index < -0.39 is 46.8 Å². The highest BCUT2D eigenvalue weighted by Gasteiger charge is 2.24. The summed E-state index contributed by atoms with van der Waals surface area (Å²) in [6, 6.07) is 33.1. The number of hydrogen-bond acceptors (Lipinski definition) is 14. The van der Waals surface area contributed by atoms with Crippen LogP contribution in [0.25, 0.3) is 66.8 Å². The predicted octanol–water partition coefficient (Wildman–Crippen LogP) is 14.5. The van der Waals surface area contributed by atoms with Crippen molar-refractivity contribution in [3.8, 4) is 56.5 Å². The Morgan fingerprint density at radius 1 is 0.471 bits per heavy atom. The highest BCUT2D eigenvalue weighted by Crippen LogP contribution is 2.34. The lowest BCUT2D eigenvalue weighted by atomic mass is 10.0. The van der Waals surface area contributed by atoms with Crippen LogP contribution < -0.4 is 9.47 Å². The normalized spacial score (nSPS) is 13.6. The fraction of sp³-hybridized carbons (Fsp3) is 0.263. The Morgan fingerprint density at radius 3 is 1.27 bits per heavy atom. The summed E-state index contributed by atoms with van der Waals surface area (Å²) in [5.41, 5.74) is 6.19. The van der Waals surface area contributed by atoms with E-state index in [1.54, 1.807) is 82.2 Å². The van der Waals surface area contributed by atoms with Crippen molar-refractivity contribution in [2.45, 2.75) is 76.9 Å². The molecular weight excluding hydrogens is 1330 g/mol. The van der Waals surface area contributed by atoms with Gasteiger partial charge in [0.15, 0.2) is 0 Å². The molecule has 2 aliphatic rings. The van der Waals surface area contributed by atoms with Gasteiger partial charge in [-0.3, -0.25) is 9.36 Å². The average molecular weight is 1400 g/mol. The first kappa shape index (κ1) is 69.4. The first-order chi connectivity index (χ1) is 49.5. The van der Waals surface area contributed by atoms with E-state index in [-0.39, 0.29) is 94.7 Å². The molecule has 0 bridgehead atoms. The molecule has 6 aromatic heterocycles. The molecule has 2 N–H and O–H groups in total. The van der Waals surface area contributed by atoms with Gasteiger partial charge in [0.1, 0.15) is 59.8 Å². The zero-order valence-electron chi connectivity index (χ0n) is 55.4. The van der Waals surface area contributed by atoms with Crippen LogP contribution in [-0.4, -0.2) is 125 Å². The topological polar surface area (TPSA) is 227 Å². The van der Waals surface area contributed by atoms with Gasteiger partial charge in [-0.1, -0.05) is 36.4 Å². The number of aromatic carboxylic acids is 2. The number of hydrogen-bond donors (Lipinski definition) is 2. The lowest BCUT2D eigenvalue weighted by Crippen LogP contribution is -2.19. The van der Waals surface area contributed by atoms with E-state index in [1.807, 2.05) is 21.8 Å². The molecule has 6 aromatic carbocycles. The first-order valence-electron chi connectivity index (χ1n) is 32.9. The second-order valence-corrected chi connectivity index (χ2v) is 24.6. The van der Waals surface area contributed by atoms with E-state index >= 15 is 26.3 Å². The van der Waals surface area contributed by atoms with Crippen molar-refractivity contribution in [1.82, 2.24) is 48.6 Å². The van der Waals surface area contributed by atoms with Gasteiger partial charge >= 0.3 is 11.9 Å². The molecule has 0 saturated carbocycles. The summed E-state index contributed by atoms with van der Waals surface area (Å²) in [5.74, 6) is -4.74. The lowest BCUT2D eigenvalue weighted by molar-refractivity contribution is 0.0661. The number of pyridine rings is 2. The fourth-order valence-electron chi connectivity index (χ4n) is 12.5. The number of fused-ring (bicyclic) bond motifs is 2. The summed E-state index contributed by atoms with van der Waals surface area (Å²) in [7, 11) is 3.07. The number of methoxy groups -OCH3 is 2. The quantitative estimate of drug-likeness (QED) is 0.0536. The van der Waals surface area contributed by atoms with E-state index in [0.717, 1.165) is 61.1 Å². The molecule has 2 saturated heterocycles. The number of ether oxygens (including phenoxy) is 6. The van der Waals surface area contributed by atoms with Gasteiger partial charge in [-0.15, -0.1) is 0 Å². The molecule has 2 fully saturated rings. The number of nitrogens with zero attached hydrogens (tertiary/aromatic N) is 10. The third-order valence-corrected chi connectivity index (χ3v) is 18.0. The van der Waals surface area contributed by atoms with Crippen molar-refractivity contribution in [3.63, 3.8) is 0 Å². The Labute approximate surface area is 580 Å². The van der Waals surface area contributed by atoms with Crippen molar-refractivity contribution in [3.05, 3.63) is 238 Å². The smallest absolute Gasteiger partial charge is 0.335 e. The summed E-state index contributed by atoms with van der Waals surface area (Å²) in [5, 5.41) is 27.8. The fourth-order valence-corrected chi connectivity index (χ4v) is 12.5. The van der Waals surface area contributed by atoms with Crippen molar-refractivity contribution >= 4 is 34.0 Å². The molecule has 2 aliphatic heterocycles. The molecule has 0 unspecified atom stereocenters. The number of rotatable bonds is 24. The molecule has 26 heteroatoms. The van der Waals surface area contributed by atoms with Crippen molar-refractivity contribution < 1.29 is 74.6 Å². The number of benzene rings is 6. The molecule has 524 valence electrons. The summed E-state index contributed by atoms with van der Waals surface area (Å²) in [6.45, 7) is 3.80. The van der Waals surface area contributed by atoms with E-state index in [0.29, 0.717) is 109 Å². The van der Waals surface area contributed by atoms with Crippen LogP contribution in [0.15, 0.2) is 158 Å². The largest absolute Gasteiger partial charge is 0.478 e. The maximum Gasteiger partial charge on any atom is 0.335 e. The molecular formula is C76H68F6N10O10. The lowest BCUT2D eigenvalue weighted by Gasteiger charge is -2.22. The van der Waals surface area contributed by atoms with Gasteiger partial charge in [-0.2, -0.15) is 10.2 Å². The molecule has 20 nitrogen and oxygen atoms in total. The molecule has 12 aromatic rings. The Hall–Kier alpha value is -11.1. The number of imidazole rings is 2. The van der Waals surface area contributed by atoms with Crippen LogP contribution in [0, 0.1) is 34.9 Å². The van der Waals surface area contributed by atoms with Gasteiger partial charge in [0, 0.05) is 124 Å². The van der Waals surface area contributed by atoms with Crippen molar-refractivity contribution in [2.75, 3.05) is 53.9 Å². The van der Waals surface area contributed by atoms with E-state index in [1.165, 1.54) is 62.8 Å². The Balaban J connectivity index is 0.000000182. The predicted molar refractivity (Wildman–Crippen MR) is 364 cm³/mol. The number of carboxylic acid groups (broad SMARTS) is 2. The summed E-state index contributed by atoms with van der Waals surface area (Å²) < 4.78 is 133. The summed E-state index contributed by atoms with van der Waals surface area (Å²) in [6.07, 6.45) is 10.7. The summed E-state index contributed by atoms with van der Waals surface area (Å²) >= 11 is 0. The maximum atomic E-state index is 15.6. The van der Waals surface area contributed by atoms with Crippen molar-refractivity contribution in [2.24, 2.45) is 0 Å². The zero-order chi connectivity index (χ0) is 71.0. The Bertz CT molecular complexity index is 4740. The van der Waals surface area contributed by atoms with Crippen LogP contribution in [0.2, 0.25) is 0 Å². The van der Waals surface area contributed by atoms with Gasteiger partial charge in [0.05, 0.1) is 82.3 Å². The van der Waals surface area contributed by atoms with Crippen LogP contribution in [0.4, 0.5) is 26.3 Å². The van der Waals surface area contributed by atoms with Crippen LogP contribution in [0.1, 0.15) is 92.4 Å². The third kappa shape index (κ3) is 15.8. The second kappa shape index (κ2) is 31.2. The van der Waals surface area contributed by atoms with E-state index in [2.05, 4.69) is 30.1 Å². The molecule has 14 rings (SSSR count). The maximum absolute atomic E-state index is 15.6. The minimum Gasteiger partial charge on any atom is -0.478 e. The Morgan fingerprint density at radius 2 is 0.882 bits per heavy atom. The van der Waals surface area contributed by atoms with Gasteiger partial charge in [-0.25, -0.2) is 55.9 Å². The minimum absolute atomic E-state index is 0.0525. The zero-order valence-corrected chi connectivity index (χ0v) is 55.4. The van der Waals surface area contributed by atoms with E-state index in [4.69, 9.17) is 28.4 Å². The number of carboxylic acids is 2. The number of aromatic nitrogens is 10. The monoisotopic (exact) mass is 1390 g/mol. The van der Waals surface area contributed by atoms with Crippen LogP contribution in [-0.2, 0) is 58.1 Å². The average Bonchev–Trinajstić information content (AvgIpc) is 1.55. The first-order valence-corrected chi connectivity index (χ1v) is 32.9. The highest BCUT2D eigenvalue weighted by molar-refractivity contribution is 5.93. The number of halogens is 6. The van der Waals surface area contributed by atoms with E-state index in [9.17, 15) is 19.8 Å². The van der Waals surface area contributed by atoms with Crippen LogP contribution in [0.5, 0.6) is 11.8 Å². The number of carbonyl (C=O) groups is 2. The van der Waals surface area contributed by atoms with Gasteiger partial charge in [-0.05, 0) is 133 Å². The van der Waals surface area contributed by atoms with Gasteiger partial charge < -0.3 is 47.8 Å². The Kier molecular flexibility index (Phi) is 21.3.